The Morgan fingerprint density at radius 1 is 1.27 bits per heavy atom. The molecule has 1 heterocycles. The van der Waals surface area contributed by atoms with E-state index in [0.29, 0.717) is 0 Å². The van der Waals surface area contributed by atoms with E-state index in [1.807, 2.05) is 0 Å². The number of ether oxygens (including phenoxy) is 1. The summed E-state index contributed by atoms with van der Waals surface area (Å²) in [7, 11) is -11.2. The number of phosphoric acid groups is 1. The van der Waals surface area contributed by atoms with Crippen molar-refractivity contribution in [3.63, 3.8) is 0 Å². The van der Waals surface area contributed by atoms with E-state index in [9.17, 15) is 34.4 Å². The van der Waals surface area contributed by atoms with Gasteiger partial charge < -0.3 is 39.8 Å². The first-order chi connectivity index (χ1) is 9.92. The number of azide groups is 1. The minimum atomic E-state index is -5.64. The SMILES string of the molecule is [N-]=[N+]=N[C@@H]1[C@@H](O)[C@H](O)[C@](CO)(P(=O)(O)OP(=O)(O)O)O[C@@H]1O. The third-order valence-electron chi connectivity index (χ3n) is 2.86. The Morgan fingerprint density at radius 3 is 2.23 bits per heavy atom. The Bertz CT molecular complexity index is 560. The number of hydrogen-bond donors (Lipinski definition) is 7. The highest BCUT2D eigenvalue weighted by molar-refractivity contribution is 7.64. The van der Waals surface area contributed by atoms with E-state index in [1.165, 1.54) is 0 Å². The van der Waals surface area contributed by atoms with Gasteiger partial charge in [0.1, 0.15) is 12.1 Å². The van der Waals surface area contributed by atoms with Crippen LogP contribution in [0.25, 0.3) is 10.4 Å². The lowest BCUT2D eigenvalue weighted by atomic mass is 9.97. The molecule has 1 fully saturated rings. The molecule has 1 unspecified atom stereocenters. The number of aliphatic hydroxyl groups excluding tert-OH is 4. The van der Waals surface area contributed by atoms with Gasteiger partial charge in [-0.1, -0.05) is 5.11 Å². The molecule has 0 aromatic carbocycles. The van der Waals surface area contributed by atoms with Crippen LogP contribution in [0, 0.1) is 0 Å². The van der Waals surface area contributed by atoms with Gasteiger partial charge in [0, 0.05) is 4.91 Å². The summed E-state index contributed by atoms with van der Waals surface area (Å²) in [5.74, 6) is 0. The van der Waals surface area contributed by atoms with Crippen molar-refractivity contribution in [2.45, 2.75) is 29.9 Å². The largest absolute Gasteiger partial charge is 0.476 e. The van der Waals surface area contributed by atoms with Gasteiger partial charge in [-0.2, -0.15) is 0 Å². The second-order valence-corrected chi connectivity index (χ2v) is 7.67. The predicted octanol–water partition coefficient (Wildman–Crippen LogP) is -2.28. The average molecular weight is 365 g/mol. The van der Waals surface area contributed by atoms with Crippen LogP contribution in [-0.2, 0) is 18.2 Å². The maximum Gasteiger partial charge on any atom is 0.476 e. The van der Waals surface area contributed by atoms with E-state index in [2.05, 4.69) is 19.1 Å². The Labute approximate surface area is 121 Å². The van der Waals surface area contributed by atoms with Crippen LogP contribution < -0.4 is 0 Å². The van der Waals surface area contributed by atoms with Gasteiger partial charge in [0.15, 0.2) is 6.29 Å². The van der Waals surface area contributed by atoms with Gasteiger partial charge in [-0.3, -0.25) is 4.57 Å². The average Bonchev–Trinajstić information content (AvgIpc) is 2.36. The molecule has 0 aromatic rings. The topological polar surface area (TPSA) is 243 Å². The number of rotatable bonds is 5. The molecule has 0 aromatic heterocycles. The second-order valence-electron chi connectivity index (χ2n) is 4.23. The van der Waals surface area contributed by atoms with Crippen molar-refractivity contribution in [2.24, 2.45) is 5.11 Å². The Kier molecular flexibility index (Phi) is 5.74. The molecule has 22 heavy (non-hydrogen) atoms. The standard InChI is InChI=1S/C6H13N3O11P2/c7-9-8-2-3(11)4(12)6(1-10,19-5(2)13)21(14,15)20-22(16,17)18/h2-5,10-13H,1H2,(H,14,15)(H2,16,17,18)/t2-,3-,4+,5+,6+/m1/s1. The highest BCUT2D eigenvalue weighted by Crippen LogP contribution is 2.67. The molecule has 6 atom stereocenters. The summed E-state index contributed by atoms with van der Waals surface area (Å²) in [6.45, 7) is -1.57. The van der Waals surface area contributed by atoms with Crippen molar-refractivity contribution in [1.29, 1.82) is 0 Å². The molecule has 128 valence electrons. The maximum atomic E-state index is 12.0. The zero-order chi connectivity index (χ0) is 17.3. The maximum absolute atomic E-state index is 12.0. The van der Waals surface area contributed by atoms with E-state index >= 15 is 0 Å². The van der Waals surface area contributed by atoms with Gasteiger partial charge in [0.25, 0.3) is 0 Å². The summed E-state index contributed by atoms with van der Waals surface area (Å²) in [6.07, 6.45) is -6.96. The van der Waals surface area contributed by atoms with Gasteiger partial charge in [-0.15, -0.1) is 0 Å². The lowest BCUT2D eigenvalue weighted by Crippen LogP contribution is -2.65. The van der Waals surface area contributed by atoms with Crippen molar-refractivity contribution in [1.82, 2.24) is 0 Å². The summed E-state index contributed by atoms with van der Waals surface area (Å²) < 4.78 is 30.8. The van der Waals surface area contributed by atoms with Crippen molar-refractivity contribution < 1.29 is 53.3 Å². The summed E-state index contributed by atoms with van der Waals surface area (Å²) in [5, 5.41) is 38.1. The van der Waals surface area contributed by atoms with Crippen LogP contribution in [0.3, 0.4) is 0 Å². The predicted molar refractivity (Wildman–Crippen MR) is 64.8 cm³/mol. The highest BCUT2D eigenvalue weighted by Gasteiger charge is 2.65. The van der Waals surface area contributed by atoms with Crippen LogP contribution >= 0.6 is 15.4 Å². The molecule has 1 rings (SSSR count). The Balaban J connectivity index is 3.31. The zero-order valence-corrected chi connectivity index (χ0v) is 12.3. The molecule has 1 saturated heterocycles. The molecule has 0 saturated carbocycles. The van der Waals surface area contributed by atoms with E-state index in [0.717, 1.165) is 0 Å². The number of nitrogens with zero attached hydrogens (tertiary/aromatic N) is 3. The monoisotopic (exact) mass is 365 g/mol. The van der Waals surface area contributed by atoms with E-state index in [4.69, 9.17) is 15.3 Å². The molecule has 1 aliphatic rings. The van der Waals surface area contributed by atoms with Gasteiger partial charge in [-0.25, -0.2) is 8.88 Å². The van der Waals surface area contributed by atoms with Crippen LogP contribution in [0.2, 0.25) is 0 Å². The molecule has 0 bridgehead atoms. The molecule has 0 aliphatic carbocycles. The smallest absolute Gasteiger partial charge is 0.393 e. The summed E-state index contributed by atoms with van der Waals surface area (Å²) in [6, 6.07) is -1.81. The highest BCUT2D eigenvalue weighted by atomic mass is 31.3. The van der Waals surface area contributed by atoms with Gasteiger partial charge >= 0.3 is 15.4 Å². The lowest BCUT2D eigenvalue weighted by molar-refractivity contribution is -0.271. The third kappa shape index (κ3) is 3.49. The first-order valence-electron chi connectivity index (χ1n) is 5.38. The number of hydrogen-bond acceptors (Lipinski definition) is 9. The van der Waals surface area contributed by atoms with E-state index < -0.39 is 51.9 Å². The van der Waals surface area contributed by atoms with Crippen molar-refractivity contribution in [3.05, 3.63) is 10.4 Å². The summed E-state index contributed by atoms with van der Waals surface area (Å²) >= 11 is 0. The fraction of sp³-hybridized carbons (Fsp3) is 1.00. The fourth-order valence-electron chi connectivity index (χ4n) is 1.82. The fourth-order valence-corrected chi connectivity index (χ4v) is 4.44. The van der Waals surface area contributed by atoms with Gasteiger partial charge in [-0.05, 0) is 5.53 Å². The Morgan fingerprint density at radius 2 is 1.82 bits per heavy atom. The molecular weight excluding hydrogens is 352 g/mol. The molecule has 7 N–H and O–H groups in total. The van der Waals surface area contributed by atoms with Gasteiger partial charge in [0.2, 0.25) is 5.34 Å². The molecular formula is C6H13N3O11P2. The zero-order valence-electron chi connectivity index (χ0n) is 10.5. The van der Waals surface area contributed by atoms with Crippen LogP contribution in [0.1, 0.15) is 0 Å². The molecule has 1 aliphatic heterocycles. The quantitative estimate of drug-likeness (QED) is 0.118. The molecule has 0 spiro atoms. The second kappa shape index (κ2) is 6.49. The van der Waals surface area contributed by atoms with Crippen LogP contribution in [0.15, 0.2) is 5.11 Å². The summed E-state index contributed by atoms with van der Waals surface area (Å²) in [4.78, 5) is 29.1. The Hall–Kier alpha value is -0.590. The molecule has 14 nitrogen and oxygen atoms in total. The van der Waals surface area contributed by atoms with Crippen molar-refractivity contribution in [3.8, 4) is 0 Å². The van der Waals surface area contributed by atoms with Crippen molar-refractivity contribution >= 4 is 15.4 Å². The van der Waals surface area contributed by atoms with Crippen LogP contribution in [0.4, 0.5) is 0 Å². The normalized spacial score (nSPS) is 38.9. The van der Waals surface area contributed by atoms with Crippen LogP contribution in [0.5, 0.6) is 0 Å². The molecule has 0 amide bonds. The molecule has 16 heteroatoms. The van der Waals surface area contributed by atoms with Crippen molar-refractivity contribution in [2.75, 3.05) is 6.61 Å². The van der Waals surface area contributed by atoms with Gasteiger partial charge in [0.05, 0.1) is 12.7 Å². The first-order valence-corrected chi connectivity index (χ1v) is 8.49. The third-order valence-corrected chi connectivity index (χ3v) is 6.06. The number of aliphatic hydroxyl groups is 4. The van der Waals surface area contributed by atoms with E-state index in [-0.39, 0.29) is 0 Å². The van der Waals surface area contributed by atoms with E-state index in [1.54, 1.807) is 0 Å². The lowest BCUT2D eigenvalue weighted by Gasteiger charge is -2.47. The van der Waals surface area contributed by atoms with Crippen LogP contribution in [-0.4, -0.2) is 71.6 Å². The summed E-state index contributed by atoms with van der Waals surface area (Å²) in [5.41, 5.74) is 8.26. The minimum absolute atomic E-state index is 1.57. The molecule has 0 radical (unpaired) electrons. The minimum Gasteiger partial charge on any atom is -0.393 e. The first kappa shape index (κ1) is 19.5.